The van der Waals surface area contributed by atoms with Gasteiger partial charge in [0.05, 0.1) is 26.4 Å². The van der Waals surface area contributed by atoms with Crippen LogP contribution in [-0.2, 0) is 65.4 Å². The third-order valence-electron chi connectivity index (χ3n) is 15.9. The number of carbonyl (C=O) groups is 4. The number of aliphatic hydroxyl groups excluding tert-OH is 1. The Morgan fingerprint density at radius 3 is 0.850 bits per heavy atom. The Morgan fingerprint density at radius 1 is 0.290 bits per heavy atom. The third kappa shape index (κ3) is 71.8. The Balaban J connectivity index is 5.38. The first-order chi connectivity index (χ1) is 48.7. The van der Waals surface area contributed by atoms with Crippen LogP contribution >= 0.6 is 15.6 Å². The van der Waals surface area contributed by atoms with Gasteiger partial charge in [-0.25, -0.2) is 9.13 Å². The summed E-state index contributed by atoms with van der Waals surface area (Å²) in [5.74, 6) is -2.24. The summed E-state index contributed by atoms with van der Waals surface area (Å²) in [6, 6.07) is 0. The number of rotatable bonds is 72. The summed E-state index contributed by atoms with van der Waals surface area (Å²) in [6.45, 7) is 4.58. The molecule has 0 heterocycles. The third-order valence-corrected chi connectivity index (χ3v) is 17.8. The number of ether oxygens (including phenoxy) is 4. The molecule has 17 nitrogen and oxygen atoms in total. The molecule has 0 radical (unpaired) electrons. The van der Waals surface area contributed by atoms with Gasteiger partial charge in [0.15, 0.2) is 12.2 Å². The number of hydrogen-bond acceptors (Lipinski definition) is 15. The predicted molar refractivity (Wildman–Crippen MR) is 408 cm³/mol. The molecule has 574 valence electrons. The summed E-state index contributed by atoms with van der Waals surface area (Å²) in [4.78, 5) is 72.8. The first-order valence-electron chi connectivity index (χ1n) is 38.8. The standard InChI is InChI=1S/C81H138O17P2/c1-5-9-13-17-21-25-29-31-33-35-37-39-41-43-47-50-54-58-62-66-79(84)92-72-77(98-81(86)68-64-60-56-52-48-44-42-40-38-36-34-32-30-26-22-18-14-10-6-2)74-96-100(89,90)94-70-75(82)69-93-99(87,88)95-73-76(97-80(85)67-63-59-55-51-46-28-24-20-16-12-8-4)71-91-78(83)65-61-57-53-49-45-27-23-19-15-11-7-3/h9,13,19-26,31-34,37-40,43,47,75-77,82H,5-8,10-12,14-18,27-30,35-36,41-42,44-46,48-74H2,1-4H3,(H,87,88)(H,89,90)/b13-9-,23-19-,24-20-,25-21-,26-22-,33-31-,34-32-,39-37-,40-38-,47-43-. The lowest BCUT2D eigenvalue weighted by Crippen LogP contribution is -2.30. The minimum Gasteiger partial charge on any atom is -0.462 e. The Labute approximate surface area is 606 Å². The van der Waals surface area contributed by atoms with E-state index in [0.717, 1.165) is 186 Å². The lowest BCUT2D eigenvalue weighted by molar-refractivity contribution is -0.161. The Bertz CT molecular complexity index is 2370. The van der Waals surface area contributed by atoms with Gasteiger partial charge in [-0.05, 0) is 148 Å². The van der Waals surface area contributed by atoms with Crippen LogP contribution in [0.2, 0.25) is 0 Å². The lowest BCUT2D eigenvalue weighted by atomic mass is 10.1. The maximum absolute atomic E-state index is 13.1. The van der Waals surface area contributed by atoms with Crippen molar-refractivity contribution in [2.24, 2.45) is 0 Å². The maximum atomic E-state index is 13.1. The van der Waals surface area contributed by atoms with Crippen molar-refractivity contribution in [3.05, 3.63) is 122 Å². The van der Waals surface area contributed by atoms with E-state index in [9.17, 15) is 43.2 Å². The predicted octanol–water partition coefficient (Wildman–Crippen LogP) is 22.3. The first kappa shape index (κ1) is 95.5. The van der Waals surface area contributed by atoms with Crippen molar-refractivity contribution < 1.29 is 80.2 Å². The van der Waals surface area contributed by atoms with Crippen LogP contribution < -0.4 is 0 Å². The quantitative estimate of drug-likeness (QED) is 0.0169. The van der Waals surface area contributed by atoms with Crippen molar-refractivity contribution in [2.75, 3.05) is 39.6 Å². The second-order valence-electron chi connectivity index (χ2n) is 25.6. The molecule has 0 amide bonds. The highest BCUT2D eigenvalue weighted by molar-refractivity contribution is 7.47. The average Bonchev–Trinajstić information content (AvgIpc) is 1.06. The van der Waals surface area contributed by atoms with E-state index in [-0.39, 0.29) is 25.7 Å². The van der Waals surface area contributed by atoms with Crippen LogP contribution in [0.25, 0.3) is 0 Å². The maximum Gasteiger partial charge on any atom is 0.472 e. The molecule has 19 heteroatoms. The zero-order chi connectivity index (χ0) is 73.2. The molecule has 5 unspecified atom stereocenters. The van der Waals surface area contributed by atoms with E-state index < -0.39 is 97.5 Å². The molecule has 0 aromatic carbocycles. The van der Waals surface area contributed by atoms with Crippen LogP contribution in [-0.4, -0.2) is 96.7 Å². The van der Waals surface area contributed by atoms with Crippen LogP contribution in [0.15, 0.2) is 122 Å². The van der Waals surface area contributed by atoms with Crippen LogP contribution in [0.4, 0.5) is 0 Å². The Kier molecular flexibility index (Phi) is 69.5. The topological polar surface area (TPSA) is 237 Å². The van der Waals surface area contributed by atoms with E-state index in [1.165, 1.54) is 44.9 Å². The van der Waals surface area contributed by atoms with Gasteiger partial charge in [0.1, 0.15) is 19.3 Å². The Hall–Kier alpha value is -4.54. The van der Waals surface area contributed by atoms with Gasteiger partial charge < -0.3 is 33.8 Å². The molecule has 0 bridgehead atoms. The molecule has 0 aliphatic heterocycles. The number of aliphatic hydroxyl groups is 1. The van der Waals surface area contributed by atoms with Crippen molar-refractivity contribution in [3.63, 3.8) is 0 Å². The summed E-state index contributed by atoms with van der Waals surface area (Å²) < 4.78 is 68.4. The second kappa shape index (κ2) is 72.8. The molecule has 0 aromatic rings. The van der Waals surface area contributed by atoms with Gasteiger partial charge in [0, 0.05) is 25.7 Å². The largest absolute Gasteiger partial charge is 0.472 e. The smallest absolute Gasteiger partial charge is 0.462 e. The molecule has 0 aliphatic carbocycles. The number of phosphoric ester groups is 2. The van der Waals surface area contributed by atoms with Crippen LogP contribution in [0, 0.1) is 0 Å². The Morgan fingerprint density at radius 2 is 0.530 bits per heavy atom. The van der Waals surface area contributed by atoms with E-state index in [1.807, 2.05) is 0 Å². The fourth-order valence-electron chi connectivity index (χ4n) is 9.92. The number of phosphoric acid groups is 2. The normalized spacial score (nSPS) is 14.6. The molecule has 0 saturated heterocycles. The molecule has 0 saturated carbocycles. The van der Waals surface area contributed by atoms with E-state index in [2.05, 4.69) is 149 Å². The van der Waals surface area contributed by atoms with Crippen molar-refractivity contribution >= 4 is 39.5 Å². The molecular weight excluding hydrogens is 1310 g/mol. The number of esters is 4. The molecule has 0 rings (SSSR count). The molecule has 0 fully saturated rings. The number of hydrogen-bond donors (Lipinski definition) is 3. The first-order valence-corrected chi connectivity index (χ1v) is 41.8. The molecule has 0 aliphatic rings. The number of carbonyl (C=O) groups excluding carboxylic acids is 4. The highest BCUT2D eigenvalue weighted by Gasteiger charge is 2.30. The van der Waals surface area contributed by atoms with Gasteiger partial charge in [-0.15, -0.1) is 0 Å². The number of allylic oxidation sites excluding steroid dienone is 20. The van der Waals surface area contributed by atoms with Gasteiger partial charge in [-0.1, -0.05) is 258 Å². The fourth-order valence-corrected chi connectivity index (χ4v) is 11.5. The summed E-state index contributed by atoms with van der Waals surface area (Å²) in [6.07, 6.45) is 79.1. The van der Waals surface area contributed by atoms with E-state index in [4.69, 9.17) is 37.0 Å². The van der Waals surface area contributed by atoms with E-state index in [0.29, 0.717) is 25.7 Å². The van der Waals surface area contributed by atoms with Gasteiger partial charge in [0.2, 0.25) is 0 Å². The monoisotopic (exact) mass is 1440 g/mol. The molecule has 0 aromatic heterocycles. The summed E-state index contributed by atoms with van der Waals surface area (Å²) >= 11 is 0. The van der Waals surface area contributed by atoms with Gasteiger partial charge in [-0.3, -0.25) is 37.3 Å². The summed E-state index contributed by atoms with van der Waals surface area (Å²) in [7, 11) is -9.97. The van der Waals surface area contributed by atoms with Crippen molar-refractivity contribution in [1.82, 2.24) is 0 Å². The molecule has 5 atom stereocenters. The summed E-state index contributed by atoms with van der Waals surface area (Å²) in [5, 5.41) is 10.6. The van der Waals surface area contributed by atoms with Crippen molar-refractivity contribution in [2.45, 2.75) is 329 Å². The zero-order valence-corrected chi connectivity index (χ0v) is 64.4. The van der Waals surface area contributed by atoms with Gasteiger partial charge in [0.25, 0.3) is 0 Å². The van der Waals surface area contributed by atoms with Crippen LogP contribution in [0.1, 0.15) is 310 Å². The van der Waals surface area contributed by atoms with Crippen molar-refractivity contribution in [3.8, 4) is 0 Å². The fraction of sp³-hybridized carbons (Fsp3) is 0.704. The average molecular weight is 1450 g/mol. The zero-order valence-electron chi connectivity index (χ0n) is 62.6. The van der Waals surface area contributed by atoms with E-state index >= 15 is 0 Å². The van der Waals surface area contributed by atoms with Crippen molar-refractivity contribution in [1.29, 1.82) is 0 Å². The molecule has 3 N–H and O–H groups in total. The molecule has 0 spiro atoms. The highest BCUT2D eigenvalue weighted by atomic mass is 31.2. The summed E-state index contributed by atoms with van der Waals surface area (Å²) in [5.41, 5.74) is 0. The van der Waals surface area contributed by atoms with Crippen LogP contribution in [0.3, 0.4) is 0 Å². The van der Waals surface area contributed by atoms with Gasteiger partial charge >= 0.3 is 39.5 Å². The van der Waals surface area contributed by atoms with Gasteiger partial charge in [-0.2, -0.15) is 0 Å². The SMILES string of the molecule is CC/C=C\C/C=C\C/C=C\C/C=C\C/C=C\CCCCCC(=O)OCC(COP(=O)(O)OCC(O)COP(=O)(O)OCC(COC(=O)CCCCCCC/C=C\CCCC)OC(=O)CCCCCCC/C=C\CCCC)OC(=O)CCCCCCCC/C=C\C/C=C\C/C=C\CCCCC. The number of unbranched alkanes of at least 4 members (excludes halogenated alkanes) is 26. The van der Waals surface area contributed by atoms with E-state index in [1.54, 1.807) is 0 Å². The molecular formula is C81H138O17P2. The minimum absolute atomic E-state index is 0.0701. The lowest BCUT2D eigenvalue weighted by Gasteiger charge is -2.21. The second-order valence-corrected chi connectivity index (χ2v) is 28.5. The minimum atomic E-state index is -4.99. The van der Waals surface area contributed by atoms with Crippen LogP contribution in [0.5, 0.6) is 0 Å². The molecule has 100 heavy (non-hydrogen) atoms. The highest BCUT2D eigenvalue weighted by Crippen LogP contribution is 2.45.